The number of benzene rings is 1. The van der Waals surface area contributed by atoms with Gasteiger partial charge in [0.15, 0.2) is 6.10 Å². The molecule has 1 N–H and O–H groups in total. The number of hydrogen-bond donors (Lipinski definition) is 1. The molecule has 4 nitrogen and oxygen atoms in total. The van der Waals surface area contributed by atoms with E-state index >= 15 is 0 Å². The Morgan fingerprint density at radius 2 is 2.24 bits per heavy atom. The van der Waals surface area contributed by atoms with Crippen LogP contribution in [0.15, 0.2) is 24.3 Å². The second kappa shape index (κ2) is 5.48. The van der Waals surface area contributed by atoms with Crippen molar-refractivity contribution in [2.45, 2.75) is 32.8 Å². The van der Waals surface area contributed by atoms with Gasteiger partial charge in [-0.3, -0.25) is 0 Å². The minimum absolute atomic E-state index is 0.161. The molecule has 110 valence electrons. The molecule has 0 spiro atoms. The summed E-state index contributed by atoms with van der Waals surface area (Å²) in [7, 11) is 0. The van der Waals surface area contributed by atoms with Crippen LogP contribution in [0.3, 0.4) is 0 Å². The number of aromatic carboxylic acids is 1. The largest absolute Gasteiger partial charge is 0.483 e. The summed E-state index contributed by atoms with van der Waals surface area (Å²) in [5.41, 5.74) is 1.83. The van der Waals surface area contributed by atoms with Crippen LogP contribution < -0.4 is 4.74 Å². The Labute approximate surface area is 127 Å². The van der Waals surface area contributed by atoms with E-state index in [1.807, 2.05) is 24.3 Å². The number of nitrogens with zero attached hydrogens (tertiary/aromatic N) is 1. The molecular formula is C16H17NO3S. The van der Waals surface area contributed by atoms with Crippen molar-refractivity contribution in [3.05, 3.63) is 45.4 Å². The highest BCUT2D eigenvalue weighted by Gasteiger charge is 2.29. The van der Waals surface area contributed by atoms with Crippen LogP contribution in [0.5, 0.6) is 5.75 Å². The number of carbonyl (C=O) groups is 1. The van der Waals surface area contributed by atoms with Crippen molar-refractivity contribution >= 4 is 17.3 Å². The number of aromatic nitrogens is 1. The fourth-order valence-corrected chi connectivity index (χ4v) is 3.48. The smallest absolute Gasteiger partial charge is 0.347 e. The fraction of sp³-hybridized carbons (Fsp3) is 0.375. The quantitative estimate of drug-likeness (QED) is 0.935. The van der Waals surface area contributed by atoms with E-state index in [0.29, 0.717) is 22.9 Å². The molecule has 2 heterocycles. The van der Waals surface area contributed by atoms with E-state index < -0.39 is 5.97 Å². The van der Waals surface area contributed by atoms with Gasteiger partial charge < -0.3 is 9.84 Å². The summed E-state index contributed by atoms with van der Waals surface area (Å²) in [4.78, 5) is 16.3. The Kier molecular flexibility index (Phi) is 3.68. The molecule has 1 aromatic carbocycles. The third-order valence-corrected chi connectivity index (χ3v) is 4.61. The lowest BCUT2D eigenvalue weighted by molar-refractivity contribution is 0.0700. The Morgan fingerprint density at radius 3 is 2.90 bits per heavy atom. The van der Waals surface area contributed by atoms with Crippen LogP contribution in [0.1, 0.15) is 45.9 Å². The molecule has 21 heavy (non-hydrogen) atoms. The van der Waals surface area contributed by atoms with Crippen molar-refractivity contribution in [2.75, 3.05) is 0 Å². The predicted octanol–water partition coefficient (Wildman–Crippen LogP) is 3.72. The summed E-state index contributed by atoms with van der Waals surface area (Å²) in [6, 6.07) is 7.90. The third-order valence-electron chi connectivity index (χ3n) is 3.43. The molecule has 1 aromatic heterocycles. The lowest BCUT2D eigenvalue weighted by Gasteiger charge is -2.06. The van der Waals surface area contributed by atoms with E-state index in [-0.39, 0.29) is 6.10 Å². The van der Waals surface area contributed by atoms with Crippen LogP contribution in [-0.2, 0) is 12.8 Å². The van der Waals surface area contributed by atoms with E-state index in [1.54, 1.807) is 0 Å². The van der Waals surface area contributed by atoms with Gasteiger partial charge in [-0.1, -0.05) is 32.0 Å². The van der Waals surface area contributed by atoms with Gasteiger partial charge in [-0.2, -0.15) is 0 Å². The van der Waals surface area contributed by atoms with Crippen molar-refractivity contribution in [3.63, 3.8) is 0 Å². The lowest BCUT2D eigenvalue weighted by Crippen LogP contribution is -2.04. The fourth-order valence-electron chi connectivity index (χ4n) is 2.52. The van der Waals surface area contributed by atoms with Crippen molar-refractivity contribution in [1.29, 1.82) is 0 Å². The summed E-state index contributed by atoms with van der Waals surface area (Å²) < 4.78 is 5.90. The lowest BCUT2D eigenvalue weighted by atomic mass is 10.1. The molecule has 0 radical (unpaired) electrons. The van der Waals surface area contributed by atoms with Gasteiger partial charge in [0.1, 0.15) is 15.6 Å². The summed E-state index contributed by atoms with van der Waals surface area (Å²) in [6.45, 7) is 4.12. The minimum atomic E-state index is -0.898. The highest BCUT2D eigenvalue weighted by molar-refractivity contribution is 7.13. The van der Waals surface area contributed by atoms with Crippen LogP contribution in [-0.4, -0.2) is 16.1 Å². The zero-order valence-corrected chi connectivity index (χ0v) is 12.8. The molecule has 1 atom stereocenters. The van der Waals surface area contributed by atoms with Crippen LogP contribution in [0.2, 0.25) is 0 Å². The maximum atomic E-state index is 11.4. The number of rotatable bonds is 4. The van der Waals surface area contributed by atoms with Gasteiger partial charge in [-0.15, -0.1) is 11.3 Å². The van der Waals surface area contributed by atoms with Gasteiger partial charge in [-0.25, -0.2) is 9.78 Å². The Balaban J connectivity index is 1.89. The van der Waals surface area contributed by atoms with Gasteiger partial charge >= 0.3 is 5.97 Å². The SMILES string of the molecule is CC(C)Cc1nc(C2Cc3ccccc3O2)sc1C(=O)O. The molecule has 0 fully saturated rings. The molecule has 1 unspecified atom stereocenters. The van der Waals surface area contributed by atoms with E-state index in [0.717, 1.165) is 22.7 Å². The molecule has 1 aliphatic heterocycles. The zero-order chi connectivity index (χ0) is 15.0. The highest BCUT2D eigenvalue weighted by Crippen LogP contribution is 2.38. The molecule has 3 rings (SSSR count). The number of thiazole rings is 1. The third kappa shape index (κ3) is 2.78. The van der Waals surface area contributed by atoms with Gasteiger partial charge in [0.2, 0.25) is 0 Å². The number of ether oxygens (including phenoxy) is 1. The van der Waals surface area contributed by atoms with Gasteiger partial charge in [-0.05, 0) is 24.0 Å². The Bertz CT molecular complexity index is 653. The first-order valence-electron chi connectivity index (χ1n) is 7.02. The molecule has 0 amide bonds. The Hall–Kier alpha value is -1.88. The number of fused-ring (bicyclic) bond motifs is 1. The summed E-state index contributed by atoms with van der Waals surface area (Å²) in [5.74, 6) is 0.352. The minimum Gasteiger partial charge on any atom is -0.483 e. The normalized spacial score (nSPS) is 16.8. The standard InChI is InChI=1S/C16H17NO3S/c1-9(2)7-11-14(16(18)19)21-15(17-11)13-8-10-5-3-4-6-12(10)20-13/h3-6,9,13H,7-8H2,1-2H3,(H,18,19). The second-order valence-electron chi connectivity index (χ2n) is 5.65. The molecular weight excluding hydrogens is 286 g/mol. The van der Waals surface area contributed by atoms with E-state index in [2.05, 4.69) is 18.8 Å². The average molecular weight is 303 g/mol. The summed E-state index contributed by atoms with van der Waals surface area (Å²) in [5, 5.41) is 10.1. The van der Waals surface area contributed by atoms with E-state index in [9.17, 15) is 9.90 Å². The van der Waals surface area contributed by atoms with Crippen LogP contribution in [0.4, 0.5) is 0 Å². The van der Waals surface area contributed by atoms with Gasteiger partial charge in [0, 0.05) is 6.42 Å². The van der Waals surface area contributed by atoms with Crippen LogP contribution in [0.25, 0.3) is 0 Å². The number of para-hydroxylation sites is 1. The second-order valence-corrected chi connectivity index (χ2v) is 6.68. The predicted molar refractivity (Wildman–Crippen MR) is 81.1 cm³/mol. The van der Waals surface area contributed by atoms with Crippen molar-refractivity contribution in [2.24, 2.45) is 5.92 Å². The van der Waals surface area contributed by atoms with Crippen molar-refractivity contribution in [3.8, 4) is 5.75 Å². The van der Waals surface area contributed by atoms with Gasteiger partial charge in [0.25, 0.3) is 0 Å². The average Bonchev–Trinajstić information content (AvgIpc) is 3.00. The topological polar surface area (TPSA) is 59.4 Å². The molecule has 0 bridgehead atoms. The number of carboxylic acids is 1. The molecule has 2 aromatic rings. The molecule has 5 heteroatoms. The number of hydrogen-bond acceptors (Lipinski definition) is 4. The highest BCUT2D eigenvalue weighted by atomic mass is 32.1. The first-order valence-corrected chi connectivity index (χ1v) is 7.83. The monoisotopic (exact) mass is 303 g/mol. The first-order chi connectivity index (χ1) is 10.0. The van der Waals surface area contributed by atoms with E-state index in [4.69, 9.17) is 4.74 Å². The number of carboxylic acid groups (broad SMARTS) is 1. The maximum Gasteiger partial charge on any atom is 0.347 e. The molecule has 0 saturated heterocycles. The van der Waals surface area contributed by atoms with Crippen molar-refractivity contribution in [1.82, 2.24) is 4.98 Å². The Morgan fingerprint density at radius 1 is 1.48 bits per heavy atom. The van der Waals surface area contributed by atoms with Crippen LogP contribution >= 0.6 is 11.3 Å². The molecule has 0 aliphatic carbocycles. The first kappa shape index (κ1) is 14.1. The zero-order valence-electron chi connectivity index (χ0n) is 12.0. The van der Waals surface area contributed by atoms with Gasteiger partial charge in [0.05, 0.1) is 5.69 Å². The maximum absolute atomic E-state index is 11.4. The van der Waals surface area contributed by atoms with Crippen LogP contribution in [0, 0.1) is 5.92 Å². The van der Waals surface area contributed by atoms with E-state index in [1.165, 1.54) is 11.3 Å². The summed E-state index contributed by atoms with van der Waals surface area (Å²) in [6.07, 6.45) is 1.27. The van der Waals surface area contributed by atoms with Crippen molar-refractivity contribution < 1.29 is 14.6 Å². The molecule has 0 saturated carbocycles. The summed E-state index contributed by atoms with van der Waals surface area (Å²) >= 11 is 1.24. The molecule has 1 aliphatic rings.